The van der Waals surface area contributed by atoms with Crippen LogP contribution in [0.15, 0.2) is 121 Å². The van der Waals surface area contributed by atoms with E-state index in [0.29, 0.717) is 11.8 Å². The molecule has 2 atom stereocenters. The second-order valence-electron chi connectivity index (χ2n) is 14.8. The summed E-state index contributed by atoms with van der Waals surface area (Å²) in [5.74, 6) is 0.648. The van der Waals surface area contributed by atoms with E-state index in [4.69, 9.17) is 0 Å². The third kappa shape index (κ3) is 4.69. The first-order valence-electron chi connectivity index (χ1n) is 18.0. The van der Waals surface area contributed by atoms with E-state index in [1.165, 1.54) is 89.0 Å². The number of fused-ring (bicyclic) bond motifs is 9. The summed E-state index contributed by atoms with van der Waals surface area (Å²) in [6.45, 7) is 5.20. The van der Waals surface area contributed by atoms with Crippen LogP contribution in [-0.4, -0.2) is 23.4 Å². The zero-order chi connectivity index (χ0) is 33.3. The Balaban J connectivity index is 1.06. The van der Waals surface area contributed by atoms with Crippen molar-refractivity contribution >= 4 is 0 Å². The van der Waals surface area contributed by atoms with Crippen molar-refractivity contribution in [1.82, 2.24) is 0 Å². The standard InChI is InChI=1S/C47H42O2/c1-47(2)45-27-31(29-15-19-39-35-11-5-3-9-33(35)37(13-7-23-48)43(39)25-29)17-21-41(45)42-22-18-32(28-46(42)47)30-16-20-40-36-12-6-4-10-34(36)38(14-8-24-49)44(40)26-30/h3-6,9-12,15-22,25-28,37-38,48-49H,7-8,13-14,23-24H2,1-2H3. The zero-order valence-corrected chi connectivity index (χ0v) is 28.3. The van der Waals surface area contributed by atoms with Crippen LogP contribution in [-0.2, 0) is 5.41 Å². The molecule has 0 radical (unpaired) electrons. The van der Waals surface area contributed by atoms with E-state index in [0.717, 1.165) is 25.7 Å². The summed E-state index contributed by atoms with van der Waals surface area (Å²) in [5, 5.41) is 19.3. The number of benzene rings is 6. The van der Waals surface area contributed by atoms with Gasteiger partial charge in [0.15, 0.2) is 0 Å². The van der Waals surface area contributed by atoms with Gasteiger partial charge in [-0.2, -0.15) is 0 Å². The highest BCUT2D eigenvalue weighted by Crippen LogP contribution is 2.53. The first-order chi connectivity index (χ1) is 24.0. The maximum atomic E-state index is 9.65. The van der Waals surface area contributed by atoms with Crippen molar-refractivity contribution in [3.63, 3.8) is 0 Å². The molecule has 49 heavy (non-hydrogen) atoms. The van der Waals surface area contributed by atoms with Gasteiger partial charge in [-0.05, 0) is 139 Å². The van der Waals surface area contributed by atoms with Crippen LogP contribution in [0, 0.1) is 0 Å². The Hall–Kier alpha value is -4.76. The predicted octanol–water partition coefficient (Wildman–Crippen LogP) is 11.1. The molecule has 3 aliphatic rings. The molecule has 0 aliphatic heterocycles. The maximum Gasteiger partial charge on any atom is 0.0431 e. The Morgan fingerprint density at radius 1 is 0.429 bits per heavy atom. The fourth-order valence-electron chi connectivity index (χ4n) is 9.29. The van der Waals surface area contributed by atoms with Crippen LogP contribution in [0.4, 0.5) is 0 Å². The van der Waals surface area contributed by atoms with Gasteiger partial charge in [0, 0.05) is 30.5 Å². The average molecular weight is 639 g/mol. The van der Waals surface area contributed by atoms with Crippen molar-refractivity contribution < 1.29 is 10.2 Å². The predicted molar refractivity (Wildman–Crippen MR) is 202 cm³/mol. The third-order valence-electron chi connectivity index (χ3n) is 11.8. The molecule has 0 amide bonds. The third-order valence-corrected chi connectivity index (χ3v) is 11.8. The van der Waals surface area contributed by atoms with Gasteiger partial charge in [-0.15, -0.1) is 0 Å². The Bertz CT molecular complexity index is 2100. The van der Waals surface area contributed by atoms with Gasteiger partial charge < -0.3 is 10.2 Å². The van der Waals surface area contributed by atoms with Crippen LogP contribution in [0.2, 0.25) is 0 Å². The van der Waals surface area contributed by atoms with E-state index in [2.05, 4.69) is 135 Å². The monoisotopic (exact) mass is 638 g/mol. The van der Waals surface area contributed by atoms with Gasteiger partial charge >= 0.3 is 0 Å². The lowest BCUT2D eigenvalue weighted by Gasteiger charge is -2.23. The Labute approximate surface area is 289 Å². The molecule has 6 aromatic rings. The van der Waals surface area contributed by atoms with Crippen molar-refractivity contribution in [2.45, 2.75) is 56.8 Å². The highest BCUT2D eigenvalue weighted by Gasteiger charge is 2.36. The van der Waals surface area contributed by atoms with Crippen molar-refractivity contribution in [3.05, 3.63) is 155 Å². The SMILES string of the molecule is CC1(C)c2cc(-c3ccc4c(c3)C(CCCO)c3ccccc3-4)ccc2-c2ccc(-c3ccc4c(c3)C(CCCO)c3ccccc3-4)cc21. The van der Waals surface area contributed by atoms with E-state index < -0.39 is 0 Å². The molecule has 0 saturated heterocycles. The van der Waals surface area contributed by atoms with E-state index >= 15 is 0 Å². The molecule has 0 aromatic heterocycles. The molecule has 2 unspecified atom stereocenters. The lowest BCUT2D eigenvalue weighted by molar-refractivity contribution is 0.282. The minimum Gasteiger partial charge on any atom is -0.396 e. The van der Waals surface area contributed by atoms with Crippen LogP contribution in [0.1, 0.15) is 84.7 Å². The smallest absolute Gasteiger partial charge is 0.0431 e. The summed E-state index contributed by atoms with van der Waals surface area (Å²) in [5.41, 5.74) is 21.2. The number of hydrogen-bond acceptors (Lipinski definition) is 2. The van der Waals surface area contributed by atoms with Crippen molar-refractivity contribution in [2.24, 2.45) is 0 Å². The normalized spacial score (nSPS) is 17.2. The molecule has 242 valence electrons. The molecule has 0 spiro atoms. The van der Waals surface area contributed by atoms with Crippen molar-refractivity contribution in [3.8, 4) is 55.6 Å². The second kappa shape index (κ2) is 11.7. The van der Waals surface area contributed by atoms with E-state index in [1.807, 2.05) is 0 Å². The molecule has 0 fully saturated rings. The van der Waals surface area contributed by atoms with Gasteiger partial charge in [0.05, 0.1) is 0 Å². The van der Waals surface area contributed by atoms with Crippen LogP contribution in [0.25, 0.3) is 55.6 Å². The van der Waals surface area contributed by atoms with E-state index in [-0.39, 0.29) is 18.6 Å². The molecule has 0 heterocycles. The Morgan fingerprint density at radius 3 is 1.22 bits per heavy atom. The van der Waals surface area contributed by atoms with Crippen molar-refractivity contribution in [1.29, 1.82) is 0 Å². The number of aliphatic hydroxyl groups excluding tert-OH is 2. The maximum absolute atomic E-state index is 9.65. The lowest BCUT2D eigenvalue weighted by atomic mass is 9.80. The van der Waals surface area contributed by atoms with Gasteiger partial charge in [0.25, 0.3) is 0 Å². The Kier molecular flexibility index (Phi) is 7.23. The zero-order valence-electron chi connectivity index (χ0n) is 28.3. The summed E-state index contributed by atoms with van der Waals surface area (Å²) < 4.78 is 0. The highest BCUT2D eigenvalue weighted by molar-refractivity contribution is 5.88. The van der Waals surface area contributed by atoms with E-state index in [1.54, 1.807) is 0 Å². The quantitative estimate of drug-likeness (QED) is 0.174. The largest absolute Gasteiger partial charge is 0.396 e. The molecule has 0 bridgehead atoms. The molecule has 2 N–H and O–H groups in total. The Morgan fingerprint density at radius 2 is 0.796 bits per heavy atom. The van der Waals surface area contributed by atoms with Crippen molar-refractivity contribution in [2.75, 3.05) is 13.2 Å². The topological polar surface area (TPSA) is 40.5 Å². The lowest BCUT2D eigenvalue weighted by Crippen LogP contribution is -2.15. The van der Waals surface area contributed by atoms with Gasteiger partial charge in [-0.25, -0.2) is 0 Å². The molecular weight excluding hydrogens is 597 g/mol. The first-order valence-corrected chi connectivity index (χ1v) is 18.0. The molecular formula is C47H42O2. The van der Waals surface area contributed by atoms with Crippen LogP contribution >= 0.6 is 0 Å². The average Bonchev–Trinajstić information content (AvgIpc) is 3.71. The minimum absolute atomic E-state index is 0.135. The fourth-order valence-corrected chi connectivity index (χ4v) is 9.29. The highest BCUT2D eigenvalue weighted by atomic mass is 16.3. The summed E-state index contributed by atoms with van der Waals surface area (Å²) >= 11 is 0. The van der Waals surface area contributed by atoms with Gasteiger partial charge in [-0.1, -0.05) is 111 Å². The van der Waals surface area contributed by atoms with Gasteiger partial charge in [-0.3, -0.25) is 0 Å². The molecule has 6 aromatic carbocycles. The number of aliphatic hydroxyl groups is 2. The second-order valence-corrected chi connectivity index (χ2v) is 14.8. The molecule has 3 aliphatic carbocycles. The number of hydrogen-bond donors (Lipinski definition) is 2. The van der Waals surface area contributed by atoms with Crippen LogP contribution in [0.5, 0.6) is 0 Å². The minimum atomic E-state index is -0.135. The fraction of sp³-hybridized carbons (Fsp3) is 0.234. The van der Waals surface area contributed by atoms with E-state index in [9.17, 15) is 10.2 Å². The van der Waals surface area contributed by atoms with Crippen LogP contribution in [0.3, 0.4) is 0 Å². The van der Waals surface area contributed by atoms with Gasteiger partial charge in [0.2, 0.25) is 0 Å². The summed E-state index contributed by atoms with van der Waals surface area (Å²) in [6, 6.07) is 45.7. The first kappa shape index (κ1) is 30.3. The van der Waals surface area contributed by atoms with Crippen LogP contribution < -0.4 is 0 Å². The molecule has 0 saturated carbocycles. The summed E-state index contributed by atoms with van der Waals surface area (Å²) in [7, 11) is 0. The molecule has 2 nitrogen and oxygen atoms in total. The molecule has 9 rings (SSSR count). The van der Waals surface area contributed by atoms with Gasteiger partial charge in [0.1, 0.15) is 0 Å². The molecule has 2 heteroatoms. The number of rotatable bonds is 8. The summed E-state index contributed by atoms with van der Waals surface area (Å²) in [4.78, 5) is 0. The summed E-state index contributed by atoms with van der Waals surface area (Å²) in [6.07, 6.45) is 3.53.